The number of hydrogen-bond acceptors (Lipinski definition) is 8. The molecule has 30 heavy (non-hydrogen) atoms. The van der Waals surface area contributed by atoms with E-state index in [4.69, 9.17) is 24.4 Å². The van der Waals surface area contributed by atoms with Gasteiger partial charge in [0.1, 0.15) is 24.1 Å². The van der Waals surface area contributed by atoms with Crippen LogP contribution in [0.5, 0.6) is 11.5 Å². The number of benzene rings is 2. The molecule has 9 heteroatoms. The molecule has 0 spiro atoms. The fourth-order valence-electron chi connectivity index (χ4n) is 3.50. The van der Waals surface area contributed by atoms with Crippen LogP contribution in [-0.2, 0) is 9.62 Å². The zero-order chi connectivity index (χ0) is 21.3. The van der Waals surface area contributed by atoms with E-state index in [0.29, 0.717) is 5.75 Å². The molecule has 5 atom stereocenters. The lowest BCUT2D eigenvalue weighted by molar-refractivity contribution is -0.364. The average molecular weight is 417 g/mol. The summed E-state index contributed by atoms with van der Waals surface area (Å²) in [4.78, 5) is 13.9. The largest absolute Gasteiger partial charge is 0.497 e. The molecule has 5 N–H and O–H groups in total. The summed E-state index contributed by atoms with van der Waals surface area (Å²) in [6, 6.07) is 12.8. The minimum absolute atomic E-state index is 0.345. The number of aliphatic hydroxyl groups excluding tert-OH is 4. The number of rotatable bonds is 6. The number of H-pyrrole nitrogens is 1. The summed E-state index contributed by atoms with van der Waals surface area (Å²) in [6.45, 7) is -0.559. The molecule has 0 saturated carbocycles. The Labute approximate surface area is 171 Å². The van der Waals surface area contributed by atoms with Gasteiger partial charge in [-0.3, -0.25) is 0 Å². The van der Waals surface area contributed by atoms with Gasteiger partial charge in [-0.2, -0.15) is 4.89 Å². The Morgan fingerprint density at radius 2 is 1.80 bits per heavy atom. The van der Waals surface area contributed by atoms with Crippen LogP contribution in [0.25, 0.3) is 22.0 Å². The quantitative estimate of drug-likeness (QED) is 0.296. The molecule has 2 heterocycles. The molecule has 160 valence electrons. The molecule has 0 bridgehead atoms. The molecule has 2 aromatic carbocycles. The zero-order valence-corrected chi connectivity index (χ0v) is 16.1. The van der Waals surface area contributed by atoms with Crippen LogP contribution >= 0.6 is 0 Å². The third-order valence-electron chi connectivity index (χ3n) is 5.16. The molecule has 0 radical (unpaired) electrons. The number of hydrogen-bond donors (Lipinski definition) is 5. The van der Waals surface area contributed by atoms with Crippen LogP contribution in [0.3, 0.4) is 0 Å². The molecule has 1 fully saturated rings. The Morgan fingerprint density at radius 1 is 1.03 bits per heavy atom. The molecule has 3 aromatic rings. The van der Waals surface area contributed by atoms with Crippen molar-refractivity contribution in [3.63, 3.8) is 0 Å². The first kappa shape index (κ1) is 20.6. The molecule has 9 nitrogen and oxygen atoms in total. The minimum atomic E-state index is -1.59. The number of ether oxygens (including phenoxy) is 2. The molecule has 0 unspecified atom stereocenters. The van der Waals surface area contributed by atoms with Gasteiger partial charge in [0.25, 0.3) is 0 Å². The second-order valence-corrected chi connectivity index (χ2v) is 6.98. The smallest absolute Gasteiger partial charge is 0.188 e. The van der Waals surface area contributed by atoms with Crippen LogP contribution in [-0.4, -0.2) is 69.8 Å². The van der Waals surface area contributed by atoms with E-state index in [1.807, 2.05) is 36.5 Å². The van der Waals surface area contributed by atoms with Crippen molar-refractivity contribution in [2.45, 2.75) is 30.7 Å². The molecule has 1 aliphatic rings. The summed E-state index contributed by atoms with van der Waals surface area (Å²) in [7, 11) is 1.60. The molecule has 0 aliphatic carbocycles. The van der Waals surface area contributed by atoms with Gasteiger partial charge < -0.3 is 39.8 Å². The van der Waals surface area contributed by atoms with E-state index in [0.717, 1.165) is 27.8 Å². The maximum absolute atomic E-state index is 10.2. The number of aliphatic hydroxyl groups is 4. The van der Waals surface area contributed by atoms with Crippen LogP contribution in [0.2, 0.25) is 0 Å². The number of methoxy groups -OCH3 is 1. The van der Waals surface area contributed by atoms with Crippen molar-refractivity contribution in [2.75, 3.05) is 13.7 Å². The standard InChI is InChI=1S/C21H23NO8/c1-27-12-7-5-11(6-8-12)13-9-22-14-3-2-4-15(17(13)14)29-30-20-19(25)18(24)16(10-23)28-21(20)26/h2-9,16,18-26H,10H2,1H3/t16-,18-,19+,20-,21-/m1/s1. The van der Waals surface area contributed by atoms with Gasteiger partial charge in [0.2, 0.25) is 0 Å². The summed E-state index contributed by atoms with van der Waals surface area (Å²) < 4.78 is 10.3. The molecule has 1 saturated heterocycles. The predicted octanol–water partition coefficient (Wildman–Crippen LogP) is 0.954. The first-order valence-electron chi connectivity index (χ1n) is 9.42. The highest BCUT2D eigenvalue weighted by molar-refractivity contribution is 5.99. The van der Waals surface area contributed by atoms with Crippen molar-refractivity contribution in [3.8, 4) is 22.6 Å². The van der Waals surface area contributed by atoms with Crippen LogP contribution in [0, 0.1) is 0 Å². The molecule has 4 rings (SSSR count). The van der Waals surface area contributed by atoms with Crippen LogP contribution in [0.4, 0.5) is 0 Å². The fraction of sp³-hybridized carbons (Fsp3) is 0.333. The normalized spacial score (nSPS) is 26.6. The van der Waals surface area contributed by atoms with E-state index in [2.05, 4.69) is 4.98 Å². The van der Waals surface area contributed by atoms with Gasteiger partial charge in [0.15, 0.2) is 18.1 Å². The minimum Gasteiger partial charge on any atom is -0.497 e. The fourth-order valence-corrected chi connectivity index (χ4v) is 3.50. The average Bonchev–Trinajstić information content (AvgIpc) is 3.21. The van der Waals surface area contributed by atoms with E-state index >= 15 is 0 Å². The van der Waals surface area contributed by atoms with E-state index in [1.54, 1.807) is 19.2 Å². The van der Waals surface area contributed by atoms with Gasteiger partial charge in [-0.15, -0.1) is 0 Å². The third kappa shape index (κ3) is 3.74. The number of fused-ring (bicyclic) bond motifs is 1. The van der Waals surface area contributed by atoms with Crippen molar-refractivity contribution < 1.29 is 39.7 Å². The SMILES string of the molecule is COc1ccc(-c2c[nH]c3cccc(OO[C@@H]4[C@@H](O)[C@H](O)[C@@H](CO)O[C@H]4O)c23)cc1. The molecule has 0 amide bonds. The van der Waals surface area contributed by atoms with Crippen molar-refractivity contribution in [1.82, 2.24) is 4.98 Å². The van der Waals surface area contributed by atoms with Crippen LogP contribution < -0.4 is 9.62 Å². The van der Waals surface area contributed by atoms with Crippen molar-refractivity contribution in [2.24, 2.45) is 0 Å². The van der Waals surface area contributed by atoms with Crippen LogP contribution in [0.15, 0.2) is 48.7 Å². The maximum Gasteiger partial charge on any atom is 0.188 e. The second-order valence-electron chi connectivity index (χ2n) is 6.98. The number of nitrogens with one attached hydrogen (secondary N) is 1. The lowest BCUT2D eigenvalue weighted by Crippen LogP contribution is -2.59. The third-order valence-corrected chi connectivity index (χ3v) is 5.16. The van der Waals surface area contributed by atoms with E-state index in [-0.39, 0.29) is 0 Å². The Kier molecular flexibility index (Phi) is 5.91. The highest BCUT2D eigenvalue weighted by Gasteiger charge is 2.45. The Bertz CT molecular complexity index is 988. The molecular formula is C21H23NO8. The predicted molar refractivity (Wildman–Crippen MR) is 106 cm³/mol. The highest BCUT2D eigenvalue weighted by Crippen LogP contribution is 2.36. The van der Waals surface area contributed by atoms with E-state index in [1.165, 1.54) is 0 Å². The van der Waals surface area contributed by atoms with Crippen molar-refractivity contribution >= 4 is 10.9 Å². The molecule has 1 aliphatic heterocycles. The lowest BCUT2D eigenvalue weighted by Gasteiger charge is -2.38. The van der Waals surface area contributed by atoms with Crippen LogP contribution in [0.1, 0.15) is 0 Å². The van der Waals surface area contributed by atoms with Gasteiger partial charge in [-0.05, 0) is 29.8 Å². The first-order chi connectivity index (χ1) is 14.5. The number of aromatic nitrogens is 1. The second kappa shape index (κ2) is 8.60. The molecule has 1 aromatic heterocycles. The highest BCUT2D eigenvalue weighted by atomic mass is 17.2. The lowest BCUT2D eigenvalue weighted by atomic mass is 9.99. The Morgan fingerprint density at radius 3 is 2.50 bits per heavy atom. The Balaban J connectivity index is 1.59. The monoisotopic (exact) mass is 417 g/mol. The van der Waals surface area contributed by atoms with Gasteiger partial charge in [0.05, 0.1) is 19.1 Å². The van der Waals surface area contributed by atoms with Gasteiger partial charge in [-0.1, -0.05) is 18.2 Å². The summed E-state index contributed by atoms with van der Waals surface area (Å²) in [5.74, 6) is 1.08. The maximum atomic E-state index is 10.2. The number of aromatic amines is 1. The van der Waals surface area contributed by atoms with Gasteiger partial charge in [-0.25, -0.2) is 0 Å². The Hall–Kier alpha value is -2.66. The summed E-state index contributed by atoms with van der Waals surface area (Å²) in [6.07, 6.45) is -5.21. The summed E-state index contributed by atoms with van der Waals surface area (Å²) in [5.41, 5.74) is 2.57. The van der Waals surface area contributed by atoms with E-state index in [9.17, 15) is 15.3 Å². The van der Waals surface area contributed by atoms with Crippen molar-refractivity contribution in [3.05, 3.63) is 48.7 Å². The van der Waals surface area contributed by atoms with Gasteiger partial charge >= 0.3 is 0 Å². The van der Waals surface area contributed by atoms with Gasteiger partial charge in [0, 0.05) is 17.3 Å². The van der Waals surface area contributed by atoms with Crippen molar-refractivity contribution in [1.29, 1.82) is 0 Å². The zero-order valence-electron chi connectivity index (χ0n) is 16.1. The first-order valence-corrected chi connectivity index (χ1v) is 9.42. The summed E-state index contributed by atoms with van der Waals surface area (Å²) in [5, 5.41) is 40.2. The molecular weight excluding hydrogens is 394 g/mol. The topological polar surface area (TPSA) is 134 Å². The van der Waals surface area contributed by atoms with E-state index < -0.39 is 37.3 Å². The summed E-state index contributed by atoms with van der Waals surface area (Å²) >= 11 is 0.